The molecule has 6 nitrogen and oxygen atoms in total. The number of amides is 1. The maximum absolute atomic E-state index is 13.6. The Morgan fingerprint density at radius 1 is 1.06 bits per heavy atom. The van der Waals surface area contributed by atoms with E-state index in [-0.39, 0.29) is 42.0 Å². The molecule has 3 heterocycles. The molecule has 2 aliphatic rings. The third-order valence-electron chi connectivity index (χ3n) is 7.68. The molecule has 5 atom stereocenters. The third-order valence-corrected chi connectivity index (χ3v) is 7.68. The van der Waals surface area contributed by atoms with Gasteiger partial charge in [-0.2, -0.15) is 0 Å². The number of fused-ring (bicyclic) bond motifs is 3. The van der Waals surface area contributed by atoms with Crippen LogP contribution in [0.5, 0.6) is 0 Å². The molecule has 0 unspecified atom stereocenters. The molecule has 1 amide bonds. The fourth-order valence-electron chi connectivity index (χ4n) is 6.09. The average Bonchev–Trinajstić information content (AvgIpc) is 3.41. The number of nitrogens with zero attached hydrogens (tertiary/aromatic N) is 2. The van der Waals surface area contributed by atoms with Gasteiger partial charge in [-0.3, -0.25) is 14.5 Å². The Morgan fingerprint density at radius 2 is 1.74 bits per heavy atom. The molecular formula is C29H33N3O3. The van der Waals surface area contributed by atoms with Crippen molar-refractivity contribution in [1.29, 1.82) is 0 Å². The Morgan fingerprint density at radius 3 is 2.40 bits per heavy atom. The zero-order valence-electron chi connectivity index (χ0n) is 20.3. The molecule has 182 valence electrons. The number of aliphatic hydroxyl groups excluding tert-OH is 1. The van der Waals surface area contributed by atoms with E-state index in [1.165, 1.54) is 0 Å². The SMILES string of the molecule is CCCN1[C@H](C(=O)N[C@H](C)c2ccccc2)[C@@H](CO)[C@@H]2Cn3c(ccc(-c4ccccc4)c3=O)[C@@H]21. The van der Waals surface area contributed by atoms with Crippen molar-refractivity contribution in [2.75, 3.05) is 13.2 Å². The normalized spacial score (nSPS) is 24.1. The lowest BCUT2D eigenvalue weighted by molar-refractivity contribution is -0.128. The van der Waals surface area contributed by atoms with Gasteiger partial charge >= 0.3 is 0 Å². The minimum Gasteiger partial charge on any atom is -0.396 e. The van der Waals surface area contributed by atoms with E-state index in [1.54, 1.807) is 0 Å². The van der Waals surface area contributed by atoms with Crippen LogP contribution in [-0.4, -0.2) is 39.7 Å². The lowest BCUT2D eigenvalue weighted by atomic mass is 9.88. The first-order valence-corrected chi connectivity index (χ1v) is 12.6. The van der Waals surface area contributed by atoms with Crippen LogP contribution in [0.1, 0.15) is 43.6 Å². The van der Waals surface area contributed by atoms with Crippen molar-refractivity contribution < 1.29 is 9.90 Å². The van der Waals surface area contributed by atoms with Crippen molar-refractivity contribution >= 4 is 5.91 Å². The van der Waals surface area contributed by atoms with E-state index in [4.69, 9.17) is 0 Å². The Labute approximate surface area is 206 Å². The van der Waals surface area contributed by atoms with Gasteiger partial charge in [0.1, 0.15) is 0 Å². The fraction of sp³-hybridized carbons (Fsp3) is 0.379. The molecule has 1 saturated heterocycles. The highest BCUT2D eigenvalue weighted by atomic mass is 16.3. The Kier molecular flexibility index (Phi) is 6.58. The van der Waals surface area contributed by atoms with Crippen LogP contribution in [-0.2, 0) is 11.3 Å². The van der Waals surface area contributed by atoms with Crippen LogP contribution in [0.15, 0.2) is 77.6 Å². The van der Waals surface area contributed by atoms with E-state index in [0.29, 0.717) is 12.1 Å². The lowest BCUT2D eigenvalue weighted by Crippen LogP contribution is -2.49. The van der Waals surface area contributed by atoms with Gasteiger partial charge in [0, 0.05) is 36.2 Å². The van der Waals surface area contributed by atoms with Gasteiger partial charge in [0.05, 0.1) is 18.1 Å². The van der Waals surface area contributed by atoms with Crippen molar-refractivity contribution in [2.24, 2.45) is 11.8 Å². The molecule has 2 aliphatic heterocycles. The van der Waals surface area contributed by atoms with Gasteiger partial charge in [-0.15, -0.1) is 0 Å². The quantitative estimate of drug-likeness (QED) is 0.550. The summed E-state index contributed by atoms with van der Waals surface area (Å²) in [6.45, 7) is 5.24. The number of aliphatic hydroxyl groups is 1. The van der Waals surface area contributed by atoms with Crippen molar-refractivity contribution in [3.63, 3.8) is 0 Å². The lowest BCUT2D eigenvalue weighted by Gasteiger charge is -2.31. The molecule has 2 aromatic carbocycles. The number of aromatic nitrogens is 1. The van der Waals surface area contributed by atoms with E-state index < -0.39 is 6.04 Å². The molecule has 1 fully saturated rings. The van der Waals surface area contributed by atoms with Crippen molar-refractivity contribution in [2.45, 2.75) is 44.9 Å². The van der Waals surface area contributed by atoms with E-state index in [1.807, 2.05) is 84.3 Å². The Hall–Kier alpha value is -3.22. The zero-order valence-corrected chi connectivity index (χ0v) is 20.3. The molecule has 3 aromatic rings. The number of nitrogens with one attached hydrogen (secondary N) is 1. The van der Waals surface area contributed by atoms with Crippen LogP contribution >= 0.6 is 0 Å². The summed E-state index contributed by atoms with van der Waals surface area (Å²) in [4.78, 5) is 29.3. The zero-order chi connectivity index (χ0) is 24.5. The maximum Gasteiger partial charge on any atom is 0.258 e. The summed E-state index contributed by atoms with van der Waals surface area (Å²) >= 11 is 0. The second-order valence-electron chi connectivity index (χ2n) is 9.73. The molecule has 5 rings (SSSR count). The number of carbonyl (C=O) groups excluding carboxylic acids is 1. The topological polar surface area (TPSA) is 74.6 Å². The van der Waals surface area contributed by atoms with Crippen LogP contribution in [0.25, 0.3) is 11.1 Å². The second kappa shape index (κ2) is 9.80. The van der Waals surface area contributed by atoms with Gasteiger partial charge in [0.25, 0.3) is 5.56 Å². The highest BCUT2D eigenvalue weighted by Gasteiger charge is 2.55. The van der Waals surface area contributed by atoms with Crippen molar-refractivity contribution in [3.8, 4) is 11.1 Å². The van der Waals surface area contributed by atoms with Crippen LogP contribution in [0.4, 0.5) is 0 Å². The Bertz CT molecular complexity index is 1240. The first-order chi connectivity index (χ1) is 17.0. The number of carbonyl (C=O) groups is 1. The van der Waals surface area contributed by atoms with E-state index in [2.05, 4.69) is 17.1 Å². The van der Waals surface area contributed by atoms with Crippen molar-refractivity contribution in [1.82, 2.24) is 14.8 Å². The van der Waals surface area contributed by atoms with E-state index in [9.17, 15) is 14.7 Å². The van der Waals surface area contributed by atoms with Gasteiger partial charge in [-0.1, -0.05) is 67.6 Å². The predicted molar refractivity (Wildman–Crippen MR) is 137 cm³/mol. The molecule has 0 aliphatic carbocycles. The Balaban J connectivity index is 1.47. The monoisotopic (exact) mass is 471 g/mol. The van der Waals surface area contributed by atoms with Gasteiger partial charge < -0.3 is 15.0 Å². The van der Waals surface area contributed by atoms with Crippen LogP contribution < -0.4 is 10.9 Å². The first-order valence-electron chi connectivity index (χ1n) is 12.6. The predicted octanol–water partition coefficient (Wildman–Crippen LogP) is 3.77. The summed E-state index contributed by atoms with van der Waals surface area (Å²) in [5.41, 5.74) is 3.57. The summed E-state index contributed by atoms with van der Waals surface area (Å²) < 4.78 is 1.86. The number of likely N-dealkylation sites (tertiary alicyclic amines) is 1. The highest BCUT2D eigenvalue weighted by Crippen LogP contribution is 2.49. The van der Waals surface area contributed by atoms with Crippen LogP contribution in [0.2, 0.25) is 0 Å². The molecule has 35 heavy (non-hydrogen) atoms. The molecule has 1 aromatic heterocycles. The number of hydrogen-bond donors (Lipinski definition) is 2. The van der Waals surface area contributed by atoms with Gasteiger partial charge in [-0.25, -0.2) is 0 Å². The molecule has 6 heteroatoms. The molecule has 0 radical (unpaired) electrons. The molecule has 2 N–H and O–H groups in total. The largest absolute Gasteiger partial charge is 0.396 e. The minimum atomic E-state index is -0.432. The molecular weight excluding hydrogens is 438 g/mol. The number of hydrogen-bond acceptors (Lipinski definition) is 4. The minimum absolute atomic E-state index is 0.00469. The highest BCUT2D eigenvalue weighted by molar-refractivity contribution is 5.83. The summed E-state index contributed by atoms with van der Waals surface area (Å²) in [5.74, 6) is -0.292. The molecule has 0 saturated carbocycles. The van der Waals surface area contributed by atoms with Gasteiger partial charge in [0.2, 0.25) is 5.91 Å². The van der Waals surface area contributed by atoms with Crippen LogP contribution in [0, 0.1) is 11.8 Å². The van der Waals surface area contributed by atoms with E-state index >= 15 is 0 Å². The standard InChI is InChI=1S/C29H33N3O3/c1-3-16-31-26-23(17-32-25(26)15-14-22(29(32)35)21-12-8-5-9-13-21)24(18-33)27(31)28(34)30-19(2)20-10-6-4-7-11-20/h4-15,19,23-24,26-27,33H,3,16-18H2,1-2H3,(H,30,34)/t19-,23+,24+,26-,27+/m1/s1. The van der Waals surface area contributed by atoms with Crippen molar-refractivity contribution in [3.05, 3.63) is 94.4 Å². The summed E-state index contributed by atoms with van der Waals surface area (Å²) in [7, 11) is 0. The molecule has 0 spiro atoms. The number of rotatable bonds is 7. The van der Waals surface area contributed by atoms with Gasteiger partial charge in [-0.05, 0) is 43.1 Å². The van der Waals surface area contributed by atoms with Crippen LogP contribution in [0.3, 0.4) is 0 Å². The number of benzene rings is 2. The summed E-state index contributed by atoms with van der Waals surface area (Å²) in [6, 6.07) is 23.0. The summed E-state index contributed by atoms with van der Waals surface area (Å²) in [5, 5.41) is 13.6. The second-order valence-corrected chi connectivity index (χ2v) is 9.73. The third kappa shape index (κ3) is 4.11. The average molecular weight is 472 g/mol. The summed E-state index contributed by atoms with van der Waals surface area (Å²) in [6.07, 6.45) is 0.881. The van der Waals surface area contributed by atoms with E-state index in [0.717, 1.165) is 29.8 Å². The van der Waals surface area contributed by atoms with Gasteiger partial charge in [0.15, 0.2) is 0 Å². The maximum atomic E-state index is 13.6. The first kappa shape index (κ1) is 23.5. The molecule has 0 bridgehead atoms. The number of pyridine rings is 1. The smallest absolute Gasteiger partial charge is 0.258 e. The fourth-order valence-corrected chi connectivity index (χ4v) is 6.09.